The number of nitrogens with two attached hydrogens (primary N) is 1. The van der Waals surface area contributed by atoms with Crippen LogP contribution in [0.2, 0.25) is 0 Å². The average molecular weight is 305 g/mol. The van der Waals surface area contributed by atoms with E-state index >= 15 is 0 Å². The van der Waals surface area contributed by atoms with Gasteiger partial charge >= 0.3 is 6.36 Å². The van der Waals surface area contributed by atoms with E-state index in [1.807, 2.05) is 7.05 Å². The fourth-order valence-electron chi connectivity index (χ4n) is 2.34. The van der Waals surface area contributed by atoms with Gasteiger partial charge < -0.3 is 14.4 Å². The number of nitrogens with one attached hydrogen (secondary N) is 1. The molecular weight excluding hydrogens is 287 g/mol. The predicted octanol–water partition coefficient (Wildman–Crippen LogP) is 1.42. The van der Waals surface area contributed by atoms with Crippen molar-refractivity contribution in [2.75, 3.05) is 26.7 Å². The van der Waals surface area contributed by atoms with Crippen molar-refractivity contribution >= 4 is 0 Å². The van der Waals surface area contributed by atoms with E-state index in [2.05, 4.69) is 15.1 Å². The third-order valence-electron chi connectivity index (χ3n) is 3.30. The molecule has 0 radical (unpaired) electrons. The molecule has 1 aromatic rings. The fourth-order valence-corrected chi connectivity index (χ4v) is 2.34. The molecule has 0 bridgehead atoms. The van der Waals surface area contributed by atoms with E-state index in [9.17, 15) is 13.2 Å². The summed E-state index contributed by atoms with van der Waals surface area (Å²) in [5.74, 6) is 5.27. The predicted molar refractivity (Wildman–Crippen MR) is 70.4 cm³/mol. The summed E-state index contributed by atoms with van der Waals surface area (Å²) >= 11 is 0. The minimum Gasteiger partial charge on any atom is -0.406 e. The molecule has 1 aliphatic heterocycles. The first-order chi connectivity index (χ1) is 9.89. The van der Waals surface area contributed by atoms with Gasteiger partial charge in [0.1, 0.15) is 5.75 Å². The van der Waals surface area contributed by atoms with E-state index in [4.69, 9.17) is 10.6 Å². The van der Waals surface area contributed by atoms with Crippen molar-refractivity contribution in [2.45, 2.75) is 18.5 Å². The first-order valence-electron chi connectivity index (χ1n) is 6.51. The zero-order valence-electron chi connectivity index (χ0n) is 11.6. The Morgan fingerprint density at radius 1 is 1.48 bits per heavy atom. The third-order valence-corrected chi connectivity index (χ3v) is 3.30. The first kappa shape index (κ1) is 16.0. The van der Waals surface area contributed by atoms with E-state index in [-0.39, 0.29) is 11.9 Å². The molecule has 0 saturated carbocycles. The van der Waals surface area contributed by atoms with Crippen molar-refractivity contribution in [3.63, 3.8) is 0 Å². The number of alkyl halides is 3. The Labute approximate surface area is 120 Å². The van der Waals surface area contributed by atoms with Gasteiger partial charge in [0.2, 0.25) is 0 Å². The summed E-state index contributed by atoms with van der Waals surface area (Å²) < 4.78 is 46.4. The Kier molecular flexibility index (Phi) is 5.04. The molecule has 1 aliphatic rings. The van der Waals surface area contributed by atoms with Crippen LogP contribution in [-0.2, 0) is 4.74 Å². The van der Waals surface area contributed by atoms with E-state index in [0.717, 1.165) is 6.54 Å². The highest BCUT2D eigenvalue weighted by atomic mass is 19.4. The van der Waals surface area contributed by atoms with Crippen LogP contribution >= 0.6 is 0 Å². The summed E-state index contributed by atoms with van der Waals surface area (Å²) in [4.78, 5) is 2.08. The maximum Gasteiger partial charge on any atom is 0.573 e. The molecule has 1 aromatic carbocycles. The van der Waals surface area contributed by atoms with Crippen molar-refractivity contribution in [2.24, 2.45) is 5.84 Å². The second kappa shape index (κ2) is 6.61. The molecule has 5 nitrogen and oxygen atoms in total. The number of hydrogen-bond acceptors (Lipinski definition) is 5. The number of morpholine rings is 1. The van der Waals surface area contributed by atoms with Crippen LogP contribution in [0.1, 0.15) is 11.6 Å². The lowest BCUT2D eigenvalue weighted by Gasteiger charge is -2.35. The highest BCUT2D eigenvalue weighted by Gasteiger charge is 2.32. The Morgan fingerprint density at radius 2 is 2.24 bits per heavy atom. The quantitative estimate of drug-likeness (QED) is 0.651. The lowest BCUT2D eigenvalue weighted by molar-refractivity contribution is -0.274. The minimum atomic E-state index is -4.72. The van der Waals surface area contributed by atoms with Gasteiger partial charge in [-0.2, -0.15) is 0 Å². The van der Waals surface area contributed by atoms with Crippen LogP contribution in [0.4, 0.5) is 13.2 Å². The van der Waals surface area contributed by atoms with Gasteiger partial charge in [0.25, 0.3) is 0 Å². The van der Waals surface area contributed by atoms with Crippen molar-refractivity contribution in [3.8, 4) is 5.75 Å². The Bertz CT molecular complexity index is 470. The second-order valence-electron chi connectivity index (χ2n) is 4.94. The molecule has 2 unspecified atom stereocenters. The van der Waals surface area contributed by atoms with Crippen LogP contribution in [0.25, 0.3) is 0 Å². The maximum absolute atomic E-state index is 12.3. The van der Waals surface area contributed by atoms with Crippen LogP contribution in [-0.4, -0.2) is 44.1 Å². The monoisotopic (exact) mass is 305 g/mol. The topological polar surface area (TPSA) is 59.8 Å². The molecule has 0 spiro atoms. The van der Waals surface area contributed by atoms with Crippen molar-refractivity contribution in [3.05, 3.63) is 29.8 Å². The van der Waals surface area contributed by atoms with Gasteiger partial charge in [-0.25, -0.2) is 0 Å². The molecule has 0 aromatic heterocycles. The molecule has 1 fully saturated rings. The molecule has 21 heavy (non-hydrogen) atoms. The lowest BCUT2D eigenvalue weighted by Crippen LogP contribution is -2.48. The van der Waals surface area contributed by atoms with Gasteiger partial charge in [0.05, 0.1) is 18.8 Å². The molecule has 1 saturated heterocycles. The van der Waals surface area contributed by atoms with E-state index < -0.39 is 12.4 Å². The van der Waals surface area contributed by atoms with Gasteiger partial charge in [0, 0.05) is 13.1 Å². The first-order valence-corrected chi connectivity index (χ1v) is 6.51. The standard InChI is InChI=1S/C13H18F3N3O2/c1-19-5-6-20-11(8-19)12(18-17)9-3-2-4-10(7-9)21-13(14,15)16/h2-4,7,11-12,18H,5-6,8,17H2,1H3. The van der Waals surface area contributed by atoms with Crippen molar-refractivity contribution < 1.29 is 22.6 Å². The Balaban J connectivity index is 2.16. The summed E-state index contributed by atoms with van der Waals surface area (Å²) in [7, 11) is 1.95. The van der Waals surface area contributed by atoms with Gasteiger partial charge in [0.15, 0.2) is 0 Å². The van der Waals surface area contributed by atoms with Gasteiger partial charge in [-0.05, 0) is 24.7 Å². The molecular formula is C13H18F3N3O2. The zero-order valence-corrected chi connectivity index (χ0v) is 11.6. The minimum absolute atomic E-state index is 0.241. The van der Waals surface area contributed by atoms with Gasteiger partial charge in [-0.15, -0.1) is 13.2 Å². The summed E-state index contributed by atoms with van der Waals surface area (Å²) in [5.41, 5.74) is 3.19. The average Bonchev–Trinajstić information content (AvgIpc) is 2.38. The lowest BCUT2D eigenvalue weighted by atomic mass is 10.0. The van der Waals surface area contributed by atoms with Crippen LogP contribution in [0.3, 0.4) is 0 Å². The summed E-state index contributed by atoms with van der Waals surface area (Å²) in [6.45, 7) is 2.00. The molecule has 0 amide bonds. The summed E-state index contributed by atoms with van der Waals surface area (Å²) in [5, 5.41) is 0. The summed E-state index contributed by atoms with van der Waals surface area (Å²) in [6, 6.07) is 5.33. The van der Waals surface area contributed by atoms with Crippen LogP contribution < -0.4 is 16.0 Å². The van der Waals surface area contributed by atoms with Crippen molar-refractivity contribution in [1.82, 2.24) is 10.3 Å². The highest BCUT2D eigenvalue weighted by molar-refractivity contribution is 5.31. The third kappa shape index (κ3) is 4.57. The number of hydrazine groups is 1. The molecule has 1 heterocycles. The number of ether oxygens (including phenoxy) is 2. The Hall–Kier alpha value is -1.35. The number of rotatable bonds is 4. The van der Waals surface area contributed by atoms with Crippen molar-refractivity contribution in [1.29, 1.82) is 0 Å². The number of hydrogen-bond donors (Lipinski definition) is 2. The van der Waals surface area contributed by atoms with Crippen LogP contribution in [0.15, 0.2) is 24.3 Å². The number of benzene rings is 1. The molecule has 2 rings (SSSR count). The normalized spacial score (nSPS) is 22.0. The van der Waals surface area contributed by atoms with Gasteiger partial charge in [-0.3, -0.25) is 11.3 Å². The number of nitrogens with zero attached hydrogens (tertiary/aromatic N) is 1. The Morgan fingerprint density at radius 3 is 2.86 bits per heavy atom. The smallest absolute Gasteiger partial charge is 0.406 e. The number of likely N-dealkylation sites (N-methyl/N-ethyl adjacent to an activating group) is 1. The van der Waals surface area contributed by atoms with E-state index in [1.165, 1.54) is 18.2 Å². The van der Waals surface area contributed by atoms with Gasteiger partial charge in [-0.1, -0.05) is 12.1 Å². The second-order valence-corrected chi connectivity index (χ2v) is 4.94. The molecule has 2 atom stereocenters. The summed E-state index contributed by atoms with van der Waals surface area (Å²) in [6.07, 6.45) is -4.96. The van der Waals surface area contributed by atoms with E-state index in [1.54, 1.807) is 6.07 Å². The number of halogens is 3. The largest absolute Gasteiger partial charge is 0.573 e. The van der Waals surface area contributed by atoms with E-state index in [0.29, 0.717) is 18.7 Å². The fraction of sp³-hybridized carbons (Fsp3) is 0.538. The highest BCUT2D eigenvalue weighted by Crippen LogP contribution is 2.28. The van der Waals surface area contributed by atoms with Crippen LogP contribution in [0, 0.1) is 0 Å². The molecule has 3 N–H and O–H groups in total. The SMILES string of the molecule is CN1CCOC(C(NN)c2cccc(OC(F)(F)F)c2)C1. The molecule has 118 valence electrons. The van der Waals surface area contributed by atoms with Crippen LogP contribution in [0.5, 0.6) is 5.75 Å². The molecule has 0 aliphatic carbocycles. The maximum atomic E-state index is 12.3. The molecule has 8 heteroatoms. The zero-order chi connectivity index (χ0) is 15.5.